The van der Waals surface area contributed by atoms with Crippen LogP contribution >= 0.6 is 11.3 Å². The highest BCUT2D eigenvalue weighted by atomic mass is 32.2. The number of anilines is 2. The van der Waals surface area contributed by atoms with E-state index >= 15 is 0 Å². The van der Waals surface area contributed by atoms with Gasteiger partial charge >= 0.3 is 0 Å². The lowest BCUT2D eigenvalue weighted by Crippen LogP contribution is -2.12. The quantitative estimate of drug-likeness (QED) is 0.611. The zero-order valence-electron chi connectivity index (χ0n) is 14.5. The number of aromatic nitrogens is 2. The number of benzene rings is 2. The summed E-state index contributed by atoms with van der Waals surface area (Å²) in [5.41, 5.74) is 1.83. The smallest absolute Gasteiger partial charge is 0.291 e. The number of methoxy groups -OCH3 is 1. The van der Waals surface area contributed by atoms with Crippen molar-refractivity contribution in [1.29, 1.82) is 0 Å². The number of nitrogens with zero attached hydrogens (tertiary/aromatic N) is 2. The molecule has 0 radical (unpaired) electrons. The van der Waals surface area contributed by atoms with Crippen LogP contribution in [0.2, 0.25) is 0 Å². The van der Waals surface area contributed by atoms with Crippen LogP contribution in [0.15, 0.2) is 52.9 Å². The Bertz CT molecular complexity index is 1050. The summed E-state index contributed by atoms with van der Waals surface area (Å²) in [6, 6.07) is 13.4. The van der Waals surface area contributed by atoms with E-state index in [-0.39, 0.29) is 9.47 Å². The summed E-state index contributed by atoms with van der Waals surface area (Å²) in [6.07, 6.45) is 0. The Labute approximate surface area is 160 Å². The first-order chi connectivity index (χ1) is 12.9. The number of hydrogen-bond donors (Lipinski definition) is 2. The number of ether oxygens (including phenoxy) is 1. The van der Waals surface area contributed by atoms with Gasteiger partial charge in [-0.1, -0.05) is 29.0 Å². The van der Waals surface area contributed by atoms with E-state index in [0.717, 1.165) is 16.9 Å². The molecule has 0 aliphatic carbocycles. The Balaban J connectivity index is 1.71. The summed E-state index contributed by atoms with van der Waals surface area (Å²) in [5.74, 6) is 0.216. The van der Waals surface area contributed by atoms with Crippen LogP contribution in [0.4, 0.5) is 10.8 Å². The number of rotatable bonds is 6. The van der Waals surface area contributed by atoms with Gasteiger partial charge in [-0.25, -0.2) is 0 Å². The van der Waals surface area contributed by atoms with E-state index in [0.29, 0.717) is 17.0 Å². The van der Waals surface area contributed by atoms with Gasteiger partial charge in [0.15, 0.2) is 0 Å². The second-order valence-electron chi connectivity index (χ2n) is 5.53. The topological polar surface area (TPSA) is 110 Å². The number of sulfonamides is 1. The fraction of sp³-hybridized carbons (Fsp3) is 0.118. The van der Waals surface area contributed by atoms with Crippen molar-refractivity contribution in [1.82, 2.24) is 10.2 Å². The van der Waals surface area contributed by atoms with E-state index in [9.17, 15) is 13.2 Å². The SMILES string of the molecule is COc1ccc(NS(=O)(=O)c2nnc(NC(=O)c3ccc(C)cc3)s2)cc1. The van der Waals surface area contributed by atoms with Crippen molar-refractivity contribution in [3.05, 3.63) is 59.7 Å². The molecular weight excluding hydrogens is 388 g/mol. The normalized spacial score (nSPS) is 11.0. The third kappa shape index (κ3) is 4.60. The molecule has 0 spiro atoms. The Morgan fingerprint density at radius 1 is 1.04 bits per heavy atom. The Morgan fingerprint density at radius 3 is 2.33 bits per heavy atom. The third-order valence-corrected chi connectivity index (χ3v) is 6.10. The summed E-state index contributed by atoms with van der Waals surface area (Å²) < 4.78 is 32.0. The van der Waals surface area contributed by atoms with Crippen LogP contribution in [0.3, 0.4) is 0 Å². The Hall–Kier alpha value is -2.98. The van der Waals surface area contributed by atoms with Gasteiger partial charge in [0, 0.05) is 11.3 Å². The molecule has 3 rings (SSSR count). The van der Waals surface area contributed by atoms with Crippen molar-refractivity contribution in [2.75, 3.05) is 17.1 Å². The van der Waals surface area contributed by atoms with Crippen LogP contribution in [0.5, 0.6) is 5.75 Å². The number of carbonyl (C=O) groups excluding carboxylic acids is 1. The molecule has 0 saturated carbocycles. The highest BCUT2D eigenvalue weighted by Gasteiger charge is 2.21. The average Bonchev–Trinajstić information content (AvgIpc) is 3.12. The average molecular weight is 404 g/mol. The van der Waals surface area contributed by atoms with Crippen LogP contribution in [0.25, 0.3) is 0 Å². The number of amides is 1. The maximum Gasteiger partial charge on any atom is 0.291 e. The van der Waals surface area contributed by atoms with E-state index in [4.69, 9.17) is 4.74 Å². The van der Waals surface area contributed by atoms with E-state index in [1.165, 1.54) is 7.11 Å². The molecule has 0 unspecified atom stereocenters. The first-order valence-electron chi connectivity index (χ1n) is 7.76. The van der Waals surface area contributed by atoms with E-state index in [1.807, 2.05) is 19.1 Å². The Morgan fingerprint density at radius 2 is 1.70 bits per heavy atom. The van der Waals surface area contributed by atoms with Gasteiger partial charge in [-0.2, -0.15) is 8.42 Å². The molecule has 0 atom stereocenters. The Kier molecular flexibility index (Phi) is 5.38. The van der Waals surface area contributed by atoms with Gasteiger partial charge in [0.1, 0.15) is 5.75 Å². The molecular formula is C17H16N4O4S2. The molecule has 2 aromatic carbocycles. The first kappa shape index (κ1) is 18.8. The maximum absolute atomic E-state index is 12.4. The van der Waals surface area contributed by atoms with Crippen molar-refractivity contribution in [2.24, 2.45) is 0 Å². The van der Waals surface area contributed by atoms with Crippen LogP contribution < -0.4 is 14.8 Å². The molecule has 1 heterocycles. The standard InChI is InChI=1S/C17H16N4O4S2/c1-11-3-5-12(6-4-11)15(22)18-16-19-20-17(26-16)27(23,24)21-13-7-9-14(25-2)10-8-13/h3-10,21H,1-2H3,(H,18,19,22). The predicted molar refractivity (Wildman–Crippen MR) is 103 cm³/mol. The molecule has 0 aliphatic rings. The lowest BCUT2D eigenvalue weighted by atomic mass is 10.1. The summed E-state index contributed by atoms with van der Waals surface area (Å²) in [6.45, 7) is 1.92. The van der Waals surface area contributed by atoms with E-state index < -0.39 is 15.9 Å². The summed E-state index contributed by atoms with van der Waals surface area (Å²) >= 11 is 0.764. The number of carbonyl (C=O) groups is 1. The maximum atomic E-state index is 12.4. The minimum absolute atomic E-state index is 0.0932. The van der Waals surface area contributed by atoms with Gasteiger partial charge in [0.25, 0.3) is 20.3 Å². The number of nitrogens with one attached hydrogen (secondary N) is 2. The van der Waals surface area contributed by atoms with E-state index in [2.05, 4.69) is 20.2 Å². The van der Waals surface area contributed by atoms with Gasteiger partial charge < -0.3 is 4.74 Å². The molecule has 3 aromatic rings. The highest BCUT2D eigenvalue weighted by Crippen LogP contribution is 2.24. The molecule has 0 saturated heterocycles. The van der Waals surface area contributed by atoms with Gasteiger partial charge in [0.2, 0.25) is 5.13 Å². The van der Waals surface area contributed by atoms with Crippen LogP contribution in [0, 0.1) is 6.92 Å². The molecule has 1 aromatic heterocycles. The molecule has 0 fully saturated rings. The first-order valence-corrected chi connectivity index (χ1v) is 10.1. The van der Waals surface area contributed by atoms with Crippen LogP contribution in [-0.4, -0.2) is 31.6 Å². The largest absolute Gasteiger partial charge is 0.497 e. The minimum Gasteiger partial charge on any atom is -0.497 e. The van der Waals surface area contributed by atoms with Gasteiger partial charge in [0.05, 0.1) is 7.11 Å². The molecule has 1 amide bonds. The van der Waals surface area contributed by atoms with Crippen molar-refractivity contribution < 1.29 is 17.9 Å². The van der Waals surface area contributed by atoms with Gasteiger partial charge in [-0.3, -0.25) is 14.8 Å². The highest BCUT2D eigenvalue weighted by molar-refractivity contribution is 7.94. The second kappa shape index (κ2) is 7.72. The second-order valence-corrected chi connectivity index (χ2v) is 8.36. The summed E-state index contributed by atoms with van der Waals surface area (Å²) in [4.78, 5) is 12.2. The van der Waals surface area contributed by atoms with Crippen LogP contribution in [0.1, 0.15) is 15.9 Å². The van der Waals surface area contributed by atoms with Crippen molar-refractivity contribution >= 4 is 38.1 Å². The number of aryl methyl sites for hydroxylation is 1. The lowest BCUT2D eigenvalue weighted by Gasteiger charge is -2.05. The fourth-order valence-corrected chi connectivity index (χ4v) is 4.06. The van der Waals surface area contributed by atoms with Crippen LogP contribution in [-0.2, 0) is 10.0 Å². The minimum atomic E-state index is -3.92. The van der Waals surface area contributed by atoms with E-state index in [1.54, 1.807) is 36.4 Å². The fourth-order valence-electron chi connectivity index (χ4n) is 2.10. The molecule has 27 heavy (non-hydrogen) atoms. The molecule has 0 aliphatic heterocycles. The zero-order chi connectivity index (χ0) is 19.4. The molecule has 2 N–H and O–H groups in total. The van der Waals surface area contributed by atoms with Crippen molar-refractivity contribution in [3.8, 4) is 5.75 Å². The van der Waals surface area contributed by atoms with Gasteiger partial charge in [-0.05, 0) is 43.3 Å². The van der Waals surface area contributed by atoms with Crippen molar-refractivity contribution in [2.45, 2.75) is 11.3 Å². The van der Waals surface area contributed by atoms with Crippen molar-refractivity contribution in [3.63, 3.8) is 0 Å². The molecule has 8 nitrogen and oxygen atoms in total. The molecule has 140 valence electrons. The third-order valence-electron chi connectivity index (χ3n) is 3.51. The monoisotopic (exact) mass is 404 g/mol. The number of hydrogen-bond acceptors (Lipinski definition) is 7. The molecule has 0 bridgehead atoms. The summed E-state index contributed by atoms with van der Waals surface area (Å²) in [7, 11) is -2.39. The zero-order valence-corrected chi connectivity index (χ0v) is 16.1. The predicted octanol–water partition coefficient (Wildman–Crippen LogP) is 2.91. The molecule has 10 heteroatoms. The summed E-state index contributed by atoms with van der Waals surface area (Å²) in [5, 5.41) is 10.0. The lowest BCUT2D eigenvalue weighted by molar-refractivity contribution is 0.102. The van der Waals surface area contributed by atoms with Gasteiger partial charge in [-0.15, -0.1) is 10.2 Å².